The van der Waals surface area contributed by atoms with Crippen LogP contribution in [0.15, 0.2) is 29.1 Å². The molecule has 0 bridgehead atoms. The number of rotatable bonds is 9. The average molecular weight is 472 g/mol. The smallest absolute Gasteiger partial charge is 0.267 e. The summed E-state index contributed by atoms with van der Waals surface area (Å²) in [5.74, 6) is 0.360. The molecule has 0 N–H and O–H groups in total. The van der Waals surface area contributed by atoms with Crippen LogP contribution in [0.4, 0.5) is 0 Å². The lowest BCUT2D eigenvalue weighted by Crippen LogP contribution is -2.47. The van der Waals surface area contributed by atoms with Crippen LogP contribution in [-0.4, -0.2) is 73.3 Å². The molecule has 0 atom stereocenters. The summed E-state index contributed by atoms with van der Waals surface area (Å²) < 4.78 is 14.2. The number of nitrogens with zero attached hydrogens (tertiary/aromatic N) is 3. The molecule has 4 rings (SSSR count). The quantitative estimate of drug-likeness (QED) is 0.444. The first kappa shape index (κ1) is 23.7. The van der Waals surface area contributed by atoms with Crippen LogP contribution in [0.3, 0.4) is 0 Å². The lowest BCUT2D eigenvalue weighted by atomic mass is 10.1. The summed E-state index contributed by atoms with van der Waals surface area (Å²) in [5, 5.41) is 1.50. The first-order valence-corrected chi connectivity index (χ1v) is 12.6. The second-order valence-corrected chi connectivity index (χ2v) is 9.45. The third-order valence-electron chi connectivity index (χ3n) is 6.16. The molecule has 33 heavy (non-hydrogen) atoms. The summed E-state index contributed by atoms with van der Waals surface area (Å²) in [6.45, 7) is 9.00. The number of likely N-dealkylation sites (N-methyl/N-ethyl adjacent to an activating group) is 1. The number of piperazine rings is 1. The molecule has 1 fully saturated rings. The number of amides is 1. The van der Waals surface area contributed by atoms with Gasteiger partial charge in [-0.15, -0.1) is 11.3 Å². The molecule has 3 aromatic rings. The molecule has 178 valence electrons. The van der Waals surface area contributed by atoms with Crippen LogP contribution < -0.4 is 10.3 Å². The minimum Gasteiger partial charge on any atom is -0.489 e. The van der Waals surface area contributed by atoms with Gasteiger partial charge in [-0.05, 0) is 26.5 Å². The van der Waals surface area contributed by atoms with Crippen molar-refractivity contribution >= 4 is 38.2 Å². The van der Waals surface area contributed by atoms with Crippen molar-refractivity contribution in [3.05, 3.63) is 39.5 Å². The first-order valence-electron chi connectivity index (χ1n) is 11.8. The Morgan fingerprint density at radius 1 is 1.09 bits per heavy atom. The second-order valence-electron chi connectivity index (χ2n) is 8.43. The summed E-state index contributed by atoms with van der Waals surface area (Å²) >= 11 is 1.38. The van der Waals surface area contributed by atoms with E-state index in [9.17, 15) is 9.59 Å². The van der Waals surface area contributed by atoms with Crippen molar-refractivity contribution in [3.8, 4) is 5.75 Å². The van der Waals surface area contributed by atoms with E-state index in [0.29, 0.717) is 55.5 Å². The van der Waals surface area contributed by atoms with Gasteiger partial charge >= 0.3 is 0 Å². The van der Waals surface area contributed by atoms with E-state index in [1.165, 1.54) is 11.3 Å². The van der Waals surface area contributed by atoms with E-state index < -0.39 is 0 Å². The summed E-state index contributed by atoms with van der Waals surface area (Å²) in [6.07, 6.45) is 1.90. The van der Waals surface area contributed by atoms with E-state index in [1.807, 2.05) is 40.7 Å². The maximum absolute atomic E-state index is 13.7. The van der Waals surface area contributed by atoms with Crippen molar-refractivity contribution in [1.29, 1.82) is 0 Å². The molecule has 3 heterocycles. The number of aryl methyl sites for hydroxylation is 1. The Balaban J connectivity index is 1.87. The summed E-state index contributed by atoms with van der Waals surface area (Å²) in [5.41, 5.74) is 0.821. The number of unbranched alkanes of at least 4 members (excludes halogenated alkanes) is 1. The number of hydrogen-bond donors (Lipinski definition) is 0. The largest absolute Gasteiger partial charge is 0.489 e. The van der Waals surface area contributed by atoms with Crippen molar-refractivity contribution in [3.63, 3.8) is 0 Å². The van der Waals surface area contributed by atoms with Gasteiger partial charge in [-0.2, -0.15) is 0 Å². The van der Waals surface area contributed by atoms with Crippen molar-refractivity contribution < 1.29 is 14.3 Å². The topological polar surface area (TPSA) is 64.0 Å². The molecular weight excluding hydrogens is 438 g/mol. The fraction of sp³-hybridized carbons (Fsp3) is 0.520. The van der Waals surface area contributed by atoms with Crippen LogP contribution in [0.25, 0.3) is 21.0 Å². The Morgan fingerprint density at radius 3 is 2.58 bits per heavy atom. The van der Waals surface area contributed by atoms with Gasteiger partial charge in [-0.3, -0.25) is 9.59 Å². The third-order valence-corrected chi connectivity index (χ3v) is 7.35. The van der Waals surface area contributed by atoms with E-state index >= 15 is 0 Å². The fourth-order valence-electron chi connectivity index (χ4n) is 4.26. The predicted molar refractivity (Wildman–Crippen MR) is 134 cm³/mol. The van der Waals surface area contributed by atoms with Gasteiger partial charge in [0.05, 0.1) is 16.8 Å². The molecule has 0 saturated carbocycles. The number of hydrogen-bond acceptors (Lipinski definition) is 6. The zero-order valence-corrected chi connectivity index (χ0v) is 20.6. The number of fused-ring (bicyclic) bond motifs is 3. The number of thiophene rings is 1. The number of benzene rings is 1. The molecule has 1 amide bonds. The van der Waals surface area contributed by atoms with Crippen molar-refractivity contribution in [2.24, 2.45) is 0 Å². The van der Waals surface area contributed by atoms with Crippen molar-refractivity contribution in [2.45, 2.75) is 33.2 Å². The Hall–Kier alpha value is -2.42. The molecule has 1 aliphatic heterocycles. The molecule has 0 spiro atoms. The number of ether oxygens (including phenoxy) is 2. The standard InChI is InChI=1S/C25H33N3O4S/c1-4-6-11-28-19-10-8-7-9-18(19)22-20(24(28)29)21(32-17-16-31-5-2)23(33-22)25(30)27-14-12-26(3)13-15-27/h7-10H,4-6,11-17H2,1-3H3. The molecule has 0 aliphatic carbocycles. The highest BCUT2D eigenvalue weighted by Gasteiger charge is 2.29. The van der Waals surface area contributed by atoms with Crippen molar-refractivity contribution in [2.75, 3.05) is 53.0 Å². The molecule has 8 heteroatoms. The van der Waals surface area contributed by atoms with Gasteiger partial charge in [-0.1, -0.05) is 31.5 Å². The Bertz CT molecular complexity index is 1180. The monoisotopic (exact) mass is 471 g/mol. The summed E-state index contributed by atoms with van der Waals surface area (Å²) in [7, 11) is 2.06. The lowest BCUT2D eigenvalue weighted by Gasteiger charge is -2.32. The lowest BCUT2D eigenvalue weighted by molar-refractivity contribution is 0.0661. The molecular formula is C25H33N3O4S. The van der Waals surface area contributed by atoms with Gasteiger partial charge < -0.3 is 23.8 Å². The van der Waals surface area contributed by atoms with E-state index in [2.05, 4.69) is 18.9 Å². The number of pyridine rings is 1. The zero-order chi connectivity index (χ0) is 23.4. The summed E-state index contributed by atoms with van der Waals surface area (Å²) in [4.78, 5) is 31.9. The van der Waals surface area contributed by atoms with Crippen molar-refractivity contribution in [1.82, 2.24) is 14.4 Å². The average Bonchev–Trinajstić information content (AvgIpc) is 3.22. The number of carbonyl (C=O) groups is 1. The minimum atomic E-state index is -0.0859. The predicted octanol–water partition coefficient (Wildman–Crippen LogP) is 3.82. The van der Waals surface area contributed by atoms with E-state index in [-0.39, 0.29) is 11.5 Å². The van der Waals surface area contributed by atoms with Gasteiger partial charge in [0.2, 0.25) is 0 Å². The molecule has 1 aromatic carbocycles. The summed E-state index contributed by atoms with van der Waals surface area (Å²) in [6, 6.07) is 7.96. The Kier molecular flexibility index (Phi) is 7.67. The van der Waals surface area contributed by atoms with Crippen LogP contribution in [0.2, 0.25) is 0 Å². The van der Waals surface area contributed by atoms with Crippen LogP contribution >= 0.6 is 11.3 Å². The third kappa shape index (κ3) is 4.78. The highest BCUT2D eigenvalue weighted by Crippen LogP contribution is 2.40. The number of carbonyl (C=O) groups excluding carboxylic acids is 1. The van der Waals surface area contributed by atoms with Crippen LogP contribution in [0.1, 0.15) is 36.4 Å². The second kappa shape index (κ2) is 10.7. The van der Waals surface area contributed by atoms with Crippen LogP contribution in [0, 0.1) is 0 Å². The molecule has 7 nitrogen and oxygen atoms in total. The molecule has 1 aliphatic rings. The van der Waals surface area contributed by atoms with Gasteiger partial charge in [0.15, 0.2) is 5.75 Å². The highest BCUT2D eigenvalue weighted by atomic mass is 32.1. The number of para-hydroxylation sites is 1. The molecule has 0 radical (unpaired) electrons. The molecule has 0 unspecified atom stereocenters. The van der Waals surface area contributed by atoms with Crippen LogP contribution in [-0.2, 0) is 11.3 Å². The maximum atomic E-state index is 13.7. The van der Waals surface area contributed by atoms with E-state index in [4.69, 9.17) is 9.47 Å². The normalized spacial score (nSPS) is 14.9. The minimum absolute atomic E-state index is 0.0562. The van der Waals surface area contributed by atoms with E-state index in [0.717, 1.165) is 41.5 Å². The number of aromatic nitrogens is 1. The van der Waals surface area contributed by atoms with Crippen LogP contribution in [0.5, 0.6) is 5.75 Å². The SMILES string of the molecule is CCCCn1c(=O)c2c(OCCOCC)c(C(=O)N3CCN(C)CC3)sc2c2ccccc21. The molecule has 2 aromatic heterocycles. The fourth-order valence-corrected chi connectivity index (χ4v) is 5.50. The highest BCUT2D eigenvalue weighted by molar-refractivity contribution is 7.22. The van der Waals surface area contributed by atoms with Gasteiger partial charge in [0.25, 0.3) is 11.5 Å². The van der Waals surface area contributed by atoms with Gasteiger partial charge in [0, 0.05) is 44.7 Å². The zero-order valence-electron chi connectivity index (χ0n) is 19.8. The van der Waals surface area contributed by atoms with Gasteiger partial charge in [-0.25, -0.2) is 0 Å². The van der Waals surface area contributed by atoms with E-state index in [1.54, 1.807) is 0 Å². The Labute approximate surface area is 198 Å². The molecule has 1 saturated heterocycles. The first-order chi connectivity index (χ1) is 16.1. The Morgan fingerprint density at radius 2 is 1.85 bits per heavy atom. The maximum Gasteiger partial charge on any atom is 0.267 e. The van der Waals surface area contributed by atoms with Gasteiger partial charge in [0.1, 0.15) is 16.9 Å².